The predicted molar refractivity (Wildman–Crippen MR) is 158 cm³/mol. The summed E-state index contributed by atoms with van der Waals surface area (Å²) in [5.41, 5.74) is 0. The van der Waals surface area contributed by atoms with E-state index < -0.39 is 12.1 Å². The molecule has 0 saturated carbocycles. The fourth-order valence-electron chi connectivity index (χ4n) is 7.94. The first kappa shape index (κ1) is 31.2. The molecule has 236 valence electrons. The number of hydrogen-bond donors (Lipinski definition) is 3. The van der Waals surface area contributed by atoms with Crippen molar-refractivity contribution in [2.75, 3.05) is 45.8 Å². The molecule has 0 aromatic rings. The molecule has 6 aliphatic heterocycles. The van der Waals surface area contributed by atoms with Crippen LogP contribution in [0.1, 0.15) is 78.6 Å². The van der Waals surface area contributed by atoms with Gasteiger partial charge in [0.1, 0.15) is 0 Å². The van der Waals surface area contributed by atoms with E-state index in [-0.39, 0.29) is 60.0 Å². The van der Waals surface area contributed by atoms with Crippen molar-refractivity contribution in [2.45, 2.75) is 115 Å². The Balaban J connectivity index is 1.34. The molecule has 11 heteroatoms. The third-order valence-corrected chi connectivity index (χ3v) is 10.4. The van der Waals surface area contributed by atoms with Gasteiger partial charge in [0.15, 0.2) is 0 Å². The lowest BCUT2D eigenvalue weighted by molar-refractivity contribution is -0.141. The van der Waals surface area contributed by atoms with E-state index in [1.807, 2.05) is 9.80 Å². The lowest BCUT2D eigenvalue weighted by atomic mass is 9.80. The molecule has 6 rings (SSSR count). The van der Waals surface area contributed by atoms with Crippen molar-refractivity contribution in [3.8, 4) is 0 Å². The van der Waals surface area contributed by atoms with E-state index in [0.717, 1.165) is 45.3 Å². The summed E-state index contributed by atoms with van der Waals surface area (Å²) in [6.07, 6.45) is 4.76. The number of fused-ring (bicyclic) bond motifs is 8. The van der Waals surface area contributed by atoms with Crippen LogP contribution < -0.4 is 10.6 Å². The van der Waals surface area contributed by atoms with E-state index in [4.69, 9.17) is 0 Å². The zero-order valence-corrected chi connectivity index (χ0v) is 25.8. The Morgan fingerprint density at radius 2 is 1.62 bits per heavy atom. The molecule has 4 amide bonds. The molecular weight excluding hydrogens is 536 g/mol. The van der Waals surface area contributed by atoms with Crippen LogP contribution in [-0.4, -0.2) is 130 Å². The number of aliphatic hydroxyl groups is 1. The van der Waals surface area contributed by atoms with Crippen molar-refractivity contribution in [2.24, 2.45) is 11.8 Å². The second kappa shape index (κ2) is 13.6. The highest BCUT2D eigenvalue weighted by molar-refractivity contribution is 5.83. The Bertz CT molecular complexity index is 994. The summed E-state index contributed by atoms with van der Waals surface area (Å²) < 4.78 is 0. The van der Waals surface area contributed by atoms with Gasteiger partial charge in [-0.2, -0.15) is 0 Å². The van der Waals surface area contributed by atoms with E-state index >= 15 is 0 Å². The summed E-state index contributed by atoms with van der Waals surface area (Å²) in [6, 6.07) is -0.172. The number of nitrogens with one attached hydrogen (secondary N) is 2. The Morgan fingerprint density at radius 3 is 2.31 bits per heavy atom. The fraction of sp³-hybridized carbons (Fsp3) is 0.871. The maximum atomic E-state index is 13.6. The van der Waals surface area contributed by atoms with Gasteiger partial charge in [-0.25, -0.2) is 0 Å². The number of amides is 4. The van der Waals surface area contributed by atoms with Crippen LogP contribution in [0.15, 0.2) is 0 Å². The van der Waals surface area contributed by atoms with Crippen molar-refractivity contribution < 1.29 is 24.3 Å². The predicted octanol–water partition coefficient (Wildman–Crippen LogP) is 0.555. The molecule has 6 saturated heterocycles. The Hall–Kier alpha value is -2.24. The Morgan fingerprint density at radius 1 is 0.952 bits per heavy atom. The minimum atomic E-state index is -1.01. The molecule has 3 N–H and O–H groups in total. The largest absolute Gasteiger partial charge is 0.390 e. The number of carbonyl (C=O) groups excluding carboxylic acids is 4. The third-order valence-electron chi connectivity index (χ3n) is 10.4. The summed E-state index contributed by atoms with van der Waals surface area (Å²) in [4.78, 5) is 61.6. The zero-order valence-electron chi connectivity index (χ0n) is 25.8. The molecule has 0 radical (unpaired) electrons. The van der Waals surface area contributed by atoms with Crippen LogP contribution in [0, 0.1) is 11.8 Å². The second-order valence-electron chi connectivity index (χ2n) is 13.8. The molecule has 6 aliphatic rings. The summed E-state index contributed by atoms with van der Waals surface area (Å²) in [6.45, 7) is 10.6. The summed E-state index contributed by atoms with van der Waals surface area (Å²) in [5, 5.41) is 17.6. The standard InChI is InChI=1S/C31H52N6O5/c1-20(2)32-24-16-26-31(42)33-21(3)27(38)17-30(41)36-11-6-22(14-28(39)34-9-4-5-10-34)23(18-36)15-29(40)35-12-7-25(8-13-35)37(26)19-24/h20-27,32,38H,4-19H2,1-3H3,(H,33,42)/t21-,22-,23-,24-,26-,27-/m0/s1. The van der Waals surface area contributed by atoms with Crippen LogP contribution in [0.3, 0.4) is 0 Å². The second-order valence-corrected chi connectivity index (χ2v) is 13.8. The molecule has 42 heavy (non-hydrogen) atoms. The van der Waals surface area contributed by atoms with E-state index in [2.05, 4.69) is 29.4 Å². The number of carbonyl (C=O) groups is 4. The number of piperidine rings is 2. The van der Waals surface area contributed by atoms with Gasteiger partial charge in [-0.1, -0.05) is 13.8 Å². The van der Waals surface area contributed by atoms with Crippen LogP contribution in [-0.2, 0) is 19.2 Å². The average molecular weight is 589 g/mol. The summed E-state index contributed by atoms with van der Waals surface area (Å²) >= 11 is 0. The highest BCUT2D eigenvalue weighted by Crippen LogP contribution is 2.33. The number of hydrogen-bond acceptors (Lipinski definition) is 7. The Kier molecular flexibility index (Phi) is 10.1. The highest BCUT2D eigenvalue weighted by Gasteiger charge is 2.43. The molecule has 6 heterocycles. The summed E-state index contributed by atoms with van der Waals surface area (Å²) in [7, 11) is 0. The molecule has 11 nitrogen and oxygen atoms in total. The van der Waals surface area contributed by atoms with Crippen LogP contribution in [0.25, 0.3) is 0 Å². The molecule has 0 aliphatic carbocycles. The molecular formula is C31H52N6O5. The normalized spacial score (nSPS) is 35.5. The van der Waals surface area contributed by atoms with E-state index in [0.29, 0.717) is 57.9 Å². The quantitative estimate of drug-likeness (QED) is 0.438. The number of aliphatic hydroxyl groups excluding tert-OH is 1. The van der Waals surface area contributed by atoms with Crippen molar-refractivity contribution in [1.82, 2.24) is 30.2 Å². The first-order chi connectivity index (χ1) is 20.1. The van der Waals surface area contributed by atoms with Gasteiger partial charge in [0.25, 0.3) is 0 Å². The van der Waals surface area contributed by atoms with Crippen molar-refractivity contribution in [3.63, 3.8) is 0 Å². The van der Waals surface area contributed by atoms with Crippen molar-refractivity contribution in [3.05, 3.63) is 0 Å². The fourth-order valence-corrected chi connectivity index (χ4v) is 7.94. The van der Waals surface area contributed by atoms with Gasteiger partial charge >= 0.3 is 0 Å². The monoisotopic (exact) mass is 588 g/mol. The van der Waals surface area contributed by atoms with Crippen LogP contribution >= 0.6 is 0 Å². The third kappa shape index (κ3) is 7.27. The molecule has 6 fully saturated rings. The lowest BCUT2D eigenvalue weighted by Crippen LogP contribution is -2.54. The van der Waals surface area contributed by atoms with E-state index in [1.54, 1.807) is 11.8 Å². The van der Waals surface area contributed by atoms with Gasteiger partial charge in [-0.05, 0) is 57.3 Å². The smallest absolute Gasteiger partial charge is 0.237 e. The van der Waals surface area contributed by atoms with Gasteiger partial charge in [-0.15, -0.1) is 0 Å². The number of nitrogens with zero attached hydrogens (tertiary/aromatic N) is 4. The topological polar surface area (TPSA) is 126 Å². The molecule has 4 bridgehead atoms. The van der Waals surface area contributed by atoms with Crippen LogP contribution in [0.5, 0.6) is 0 Å². The maximum Gasteiger partial charge on any atom is 0.237 e. The summed E-state index contributed by atoms with van der Waals surface area (Å²) in [5.74, 6) is -0.0355. The maximum absolute atomic E-state index is 13.6. The molecule has 0 spiro atoms. The molecule has 0 unspecified atom stereocenters. The minimum Gasteiger partial charge on any atom is -0.390 e. The first-order valence-electron chi connectivity index (χ1n) is 16.4. The first-order valence-corrected chi connectivity index (χ1v) is 16.4. The molecule has 6 atom stereocenters. The SMILES string of the molecule is CC(C)N[C@H]1C[C@H]2C(=O)N[C@@H](C)[C@@H](O)CC(=O)N3CC[C@@H](CC(=O)N4CCCC4)[C@@H](CC(=O)N4CCC(CC4)N2C1)C3. The van der Waals surface area contributed by atoms with Gasteiger partial charge < -0.3 is 30.4 Å². The van der Waals surface area contributed by atoms with Crippen molar-refractivity contribution >= 4 is 23.6 Å². The van der Waals surface area contributed by atoms with Crippen LogP contribution in [0.2, 0.25) is 0 Å². The lowest BCUT2D eigenvalue weighted by Gasteiger charge is -2.41. The number of rotatable bonds is 4. The van der Waals surface area contributed by atoms with Gasteiger partial charge in [-0.3, -0.25) is 24.1 Å². The van der Waals surface area contributed by atoms with Gasteiger partial charge in [0.2, 0.25) is 23.6 Å². The van der Waals surface area contributed by atoms with E-state index in [9.17, 15) is 24.3 Å². The molecule has 0 aromatic heterocycles. The average Bonchev–Trinajstić information content (AvgIpc) is 3.64. The zero-order chi connectivity index (χ0) is 30.0. The minimum absolute atomic E-state index is 0.0598. The number of likely N-dealkylation sites (tertiary alicyclic amines) is 1. The van der Waals surface area contributed by atoms with Gasteiger partial charge in [0.05, 0.1) is 24.6 Å². The molecule has 0 aromatic carbocycles. The van der Waals surface area contributed by atoms with E-state index in [1.165, 1.54) is 0 Å². The van der Waals surface area contributed by atoms with Gasteiger partial charge in [0, 0.05) is 76.8 Å². The Labute approximate surface area is 250 Å². The van der Waals surface area contributed by atoms with Crippen molar-refractivity contribution in [1.29, 1.82) is 0 Å². The van der Waals surface area contributed by atoms with Crippen LogP contribution in [0.4, 0.5) is 0 Å². The highest BCUT2D eigenvalue weighted by atomic mass is 16.3.